The van der Waals surface area contributed by atoms with Crippen LogP contribution in [0.2, 0.25) is 0 Å². The zero-order valence-electron chi connectivity index (χ0n) is 13.6. The topological polar surface area (TPSA) is 85.0 Å². The van der Waals surface area contributed by atoms with Gasteiger partial charge in [0.2, 0.25) is 23.4 Å². The first-order chi connectivity index (χ1) is 11.8. The molecule has 2 aliphatic rings. The number of nitrogens with zero attached hydrogens (tertiary/aromatic N) is 5. The number of likely N-dealkylation sites (tertiary alicyclic amines) is 1. The van der Waals surface area contributed by atoms with Crippen LogP contribution in [0.25, 0.3) is 11.6 Å². The molecule has 1 amide bonds. The van der Waals surface area contributed by atoms with E-state index in [4.69, 9.17) is 4.52 Å². The molecule has 1 aliphatic heterocycles. The van der Waals surface area contributed by atoms with Gasteiger partial charge in [-0.2, -0.15) is 4.98 Å². The van der Waals surface area contributed by atoms with E-state index in [0.717, 1.165) is 12.3 Å². The molecule has 126 valence electrons. The van der Waals surface area contributed by atoms with Crippen molar-refractivity contribution in [3.63, 3.8) is 0 Å². The summed E-state index contributed by atoms with van der Waals surface area (Å²) in [6.07, 6.45) is 10.2. The molecule has 7 nitrogen and oxygen atoms in total. The first-order valence-corrected chi connectivity index (χ1v) is 8.68. The molecule has 0 bridgehead atoms. The minimum absolute atomic E-state index is 0.130. The molecule has 0 atom stereocenters. The van der Waals surface area contributed by atoms with Crippen LogP contribution in [-0.2, 0) is 4.79 Å². The third-order valence-corrected chi connectivity index (χ3v) is 5.03. The standard InChI is InChI=1S/C17H21N5O2/c23-14(7-6-12-4-1-2-5-12)22-10-13(11-22)17-20-16(21-24-17)15-18-8-3-9-19-15/h3,8-9,12-13H,1-2,4-7,10-11H2. The van der Waals surface area contributed by atoms with E-state index in [9.17, 15) is 4.79 Å². The highest BCUT2D eigenvalue weighted by Crippen LogP contribution is 2.31. The van der Waals surface area contributed by atoms with E-state index < -0.39 is 0 Å². The lowest BCUT2D eigenvalue weighted by Gasteiger charge is -2.37. The highest BCUT2D eigenvalue weighted by molar-refractivity contribution is 5.77. The molecular formula is C17H21N5O2. The van der Waals surface area contributed by atoms with Crippen LogP contribution in [0.1, 0.15) is 50.3 Å². The average Bonchev–Trinajstić information content (AvgIpc) is 3.24. The van der Waals surface area contributed by atoms with Crippen LogP contribution in [0.3, 0.4) is 0 Å². The first-order valence-electron chi connectivity index (χ1n) is 8.68. The summed E-state index contributed by atoms with van der Waals surface area (Å²) in [4.78, 5) is 26.7. The van der Waals surface area contributed by atoms with E-state index in [1.54, 1.807) is 18.5 Å². The average molecular weight is 327 g/mol. The van der Waals surface area contributed by atoms with Crippen molar-refractivity contribution < 1.29 is 9.32 Å². The highest BCUT2D eigenvalue weighted by Gasteiger charge is 2.35. The van der Waals surface area contributed by atoms with Gasteiger partial charge in [-0.3, -0.25) is 4.79 Å². The van der Waals surface area contributed by atoms with Gasteiger partial charge in [0.1, 0.15) is 0 Å². The fourth-order valence-corrected chi connectivity index (χ4v) is 3.53. The predicted molar refractivity (Wildman–Crippen MR) is 85.8 cm³/mol. The molecule has 2 aromatic rings. The van der Waals surface area contributed by atoms with Crippen molar-refractivity contribution in [2.45, 2.75) is 44.4 Å². The van der Waals surface area contributed by atoms with Crippen LogP contribution < -0.4 is 0 Å². The van der Waals surface area contributed by atoms with Crippen LogP contribution in [0, 0.1) is 5.92 Å². The smallest absolute Gasteiger partial charge is 0.240 e. The fraction of sp³-hybridized carbons (Fsp3) is 0.588. The largest absolute Gasteiger partial charge is 0.341 e. The third kappa shape index (κ3) is 3.16. The van der Waals surface area contributed by atoms with Crippen molar-refractivity contribution in [2.24, 2.45) is 5.92 Å². The molecule has 0 unspecified atom stereocenters. The Labute approximate surface area is 140 Å². The van der Waals surface area contributed by atoms with Gasteiger partial charge in [-0.15, -0.1) is 0 Å². The lowest BCUT2D eigenvalue weighted by Crippen LogP contribution is -2.48. The van der Waals surface area contributed by atoms with Crippen LogP contribution in [0.15, 0.2) is 23.0 Å². The number of aromatic nitrogens is 4. The minimum Gasteiger partial charge on any atom is -0.341 e. The van der Waals surface area contributed by atoms with Crippen molar-refractivity contribution in [3.8, 4) is 11.6 Å². The molecule has 3 heterocycles. The molecule has 7 heteroatoms. The zero-order valence-corrected chi connectivity index (χ0v) is 13.6. The Morgan fingerprint density at radius 1 is 1.17 bits per heavy atom. The molecule has 0 aromatic carbocycles. The maximum absolute atomic E-state index is 12.2. The summed E-state index contributed by atoms with van der Waals surface area (Å²) in [5, 5.41) is 3.93. The third-order valence-electron chi connectivity index (χ3n) is 5.03. The van der Waals surface area contributed by atoms with Crippen molar-refractivity contribution in [2.75, 3.05) is 13.1 Å². The van der Waals surface area contributed by atoms with Crippen molar-refractivity contribution >= 4 is 5.91 Å². The molecule has 1 aliphatic carbocycles. The monoisotopic (exact) mass is 327 g/mol. The van der Waals surface area contributed by atoms with Gasteiger partial charge >= 0.3 is 0 Å². The summed E-state index contributed by atoms with van der Waals surface area (Å²) in [7, 11) is 0. The Balaban J connectivity index is 1.28. The quantitative estimate of drug-likeness (QED) is 0.838. The molecular weight excluding hydrogens is 306 g/mol. The van der Waals surface area contributed by atoms with Crippen LogP contribution >= 0.6 is 0 Å². The SMILES string of the molecule is O=C(CCC1CCCC1)N1CC(c2nc(-c3ncccn3)no2)C1. The molecule has 0 radical (unpaired) electrons. The van der Waals surface area contributed by atoms with Gasteiger partial charge in [0.15, 0.2) is 0 Å². The molecule has 4 rings (SSSR count). The Hall–Kier alpha value is -2.31. The maximum atomic E-state index is 12.2. The van der Waals surface area contributed by atoms with E-state index in [2.05, 4.69) is 20.1 Å². The van der Waals surface area contributed by atoms with E-state index in [0.29, 0.717) is 37.0 Å². The molecule has 2 fully saturated rings. The summed E-state index contributed by atoms with van der Waals surface area (Å²) in [6.45, 7) is 1.33. The molecule has 2 aromatic heterocycles. The zero-order chi connectivity index (χ0) is 16.4. The summed E-state index contributed by atoms with van der Waals surface area (Å²) in [6, 6.07) is 1.74. The van der Waals surface area contributed by atoms with Crippen LogP contribution in [0.4, 0.5) is 0 Å². The van der Waals surface area contributed by atoms with E-state index in [1.165, 1.54) is 25.7 Å². The summed E-state index contributed by atoms with van der Waals surface area (Å²) < 4.78 is 5.31. The summed E-state index contributed by atoms with van der Waals surface area (Å²) in [5.41, 5.74) is 0. The lowest BCUT2D eigenvalue weighted by molar-refractivity contribution is -0.136. The van der Waals surface area contributed by atoms with E-state index >= 15 is 0 Å². The number of hydrogen-bond acceptors (Lipinski definition) is 6. The molecule has 0 N–H and O–H groups in total. The Morgan fingerprint density at radius 2 is 1.92 bits per heavy atom. The van der Waals surface area contributed by atoms with E-state index in [1.807, 2.05) is 4.90 Å². The van der Waals surface area contributed by atoms with E-state index in [-0.39, 0.29) is 11.8 Å². The maximum Gasteiger partial charge on any atom is 0.240 e. The summed E-state index contributed by atoms with van der Waals surface area (Å²) >= 11 is 0. The fourth-order valence-electron chi connectivity index (χ4n) is 3.53. The molecule has 24 heavy (non-hydrogen) atoms. The number of hydrogen-bond donors (Lipinski definition) is 0. The highest BCUT2D eigenvalue weighted by atomic mass is 16.5. The van der Waals surface area contributed by atoms with Crippen molar-refractivity contribution in [1.82, 2.24) is 25.0 Å². The second kappa shape index (κ2) is 6.67. The minimum atomic E-state index is 0.130. The molecule has 1 saturated heterocycles. The van der Waals surface area contributed by atoms with Gasteiger partial charge in [-0.25, -0.2) is 9.97 Å². The lowest BCUT2D eigenvalue weighted by atomic mass is 9.97. The van der Waals surface area contributed by atoms with Gasteiger partial charge < -0.3 is 9.42 Å². The van der Waals surface area contributed by atoms with Crippen molar-refractivity contribution in [1.29, 1.82) is 0 Å². The number of rotatable bonds is 5. The number of carbonyl (C=O) groups excluding carboxylic acids is 1. The normalized spacial score (nSPS) is 18.8. The second-order valence-electron chi connectivity index (χ2n) is 6.71. The van der Waals surface area contributed by atoms with Gasteiger partial charge in [0.05, 0.1) is 5.92 Å². The number of carbonyl (C=O) groups is 1. The van der Waals surface area contributed by atoms with Crippen LogP contribution in [0.5, 0.6) is 0 Å². The Morgan fingerprint density at radius 3 is 2.67 bits per heavy atom. The van der Waals surface area contributed by atoms with Crippen molar-refractivity contribution in [3.05, 3.63) is 24.4 Å². The first kappa shape index (κ1) is 15.2. The second-order valence-corrected chi connectivity index (χ2v) is 6.71. The molecule has 0 spiro atoms. The Bertz CT molecular complexity index is 690. The van der Waals surface area contributed by atoms with Crippen LogP contribution in [-0.4, -0.2) is 44.0 Å². The van der Waals surface area contributed by atoms with Gasteiger partial charge in [0.25, 0.3) is 0 Å². The van der Waals surface area contributed by atoms with Gasteiger partial charge in [-0.1, -0.05) is 30.8 Å². The predicted octanol–water partition coefficient (Wildman–Crippen LogP) is 2.42. The molecule has 1 saturated carbocycles. The Kier molecular flexibility index (Phi) is 4.23. The van der Waals surface area contributed by atoms with Gasteiger partial charge in [-0.05, 0) is 18.4 Å². The van der Waals surface area contributed by atoms with Gasteiger partial charge in [0, 0.05) is 31.9 Å². The number of amides is 1. The summed E-state index contributed by atoms with van der Waals surface area (Å²) in [5.74, 6) is 2.57.